The molecule has 0 aromatic carbocycles. The van der Waals surface area contributed by atoms with Crippen LogP contribution in [0.3, 0.4) is 0 Å². The van der Waals surface area contributed by atoms with E-state index in [1.165, 1.54) is 10.9 Å². The van der Waals surface area contributed by atoms with Crippen molar-refractivity contribution < 1.29 is 4.79 Å². The van der Waals surface area contributed by atoms with Crippen molar-refractivity contribution in [3.8, 4) is 5.82 Å². The molecule has 4 N–H and O–H groups in total. The van der Waals surface area contributed by atoms with Crippen molar-refractivity contribution in [2.75, 3.05) is 5.73 Å². The second-order valence-corrected chi connectivity index (χ2v) is 3.45. The van der Waals surface area contributed by atoms with Gasteiger partial charge in [-0.25, -0.2) is 9.67 Å². The van der Waals surface area contributed by atoms with Gasteiger partial charge in [0.15, 0.2) is 11.5 Å². The molecule has 0 bridgehead atoms. The Balaban J connectivity index is 2.49. The number of carbonyl (C=O) groups is 1. The molecule has 6 nitrogen and oxygen atoms in total. The molecular formula is C9H8ClN5O. The molecule has 2 aromatic heterocycles. The van der Waals surface area contributed by atoms with Gasteiger partial charge in [0.25, 0.3) is 5.91 Å². The van der Waals surface area contributed by atoms with Crippen LogP contribution in [0.25, 0.3) is 5.82 Å². The number of carbonyl (C=O) groups excluding carboxylic acids is 1. The maximum absolute atomic E-state index is 11.0. The van der Waals surface area contributed by atoms with Crippen LogP contribution in [0, 0.1) is 0 Å². The van der Waals surface area contributed by atoms with Crippen molar-refractivity contribution in [1.82, 2.24) is 14.8 Å². The molecule has 0 atom stereocenters. The molecule has 0 spiro atoms. The molecule has 0 aliphatic rings. The Kier molecular flexibility index (Phi) is 2.49. The summed E-state index contributed by atoms with van der Waals surface area (Å²) in [5.74, 6) is -0.218. The first kappa shape index (κ1) is 10.4. The molecule has 2 heterocycles. The number of primary amides is 1. The zero-order chi connectivity index (χ0) is 11.7. The van der Waals surface area contributed by atoms with E-state index >= 15 is 0 Å². The van der Waals surface area contributed by atoms with Crippen LogP contribution in [-0.4, -0.2) is 20.7 Å². The van der Waals surface area contributed by atoms with Crippen LogP contribution >= 0.6 is 11.6 Å². The Morgan fingerprint density at radius 3 is 2.75 bits per heavy atom. The van der Waals surface area contributed by atoms with Gasteiger partial charge in [-0.2, -0.15) is 5.10 Å². The fraction of sp³-hybridized carbons (Fsp3) is 0. The lowest BCUT2D eigenvalue weighted by atomic mass is 10.4. The Morgan fingerprint density at radius 2 is 2.19 bits per heavy atom. The molecule has 82 valence electrons. The molecule has 16 heavy (non-hydrogen) atoms. The topological polar surface area (TPSA) is 99.8 Å². The number of amides is 1. The number of aromatic nitrogens is 3. The summed E-state index contributed by atoms with van der Waals surface area (Å²) in [7, 11) is 0. The number of anilines is 1. The van der Waals surface area contributed by atoms with Gasteiger partial charge in [-0.05, 0) is 12.1 Å². The molecule has 0 aliphatic carbocycles. The van der Waals surface area contributed by atoms with Gasteiger partial charge >= 0.3 is 0 Å². The summed E-state index contributed by atoms with van der Waals surface area (Å²) in [6.45, 7) is 0. The van der Waals surface area contributed by atoms with Crippen molar-refractivity contribution in [3.05, 3.63) is 35.2 Å². The van der Waals surface area contributed by atoms with Crippen LogP contribution < -0.4 is 11.5 Å². The number of hydrogen-bond donors (Lipinski definition) is 2. The van der Waals surface area contributed by atoms with Crippen molar-refractivity contribution >= 4 is 23.2 Å². The molecule has 1 amide bonds. The largest absolute Gasteiger partial charge is 0.396 e. The first-order valence-electron chi connectivity index (χ1n) is 4.36. The predicted molar refractivity (Wildman–Crippen MR) is 59.3 cm³/mol. The number of nitrogen functional groups attached to an aromatic ring is 1. The zero-order valence-corrected chi connectivity index (χ0v) is 8.85. The quantitative estimate of drug-likeness (QED) is 0.747. The smallest absolute Gasteiger partial charge is 0.271 e. The molecule has 0 saturated carbocycles. The third kappa shape index (κ3) is 1.82. The van der Waals surface area contributed by atoms with Gasteiger partial charge in [0.1, 0.15) is 5.15 Å². The molecule has 0 aliphatic heterocycles. The van der Waals surface area contributed by atoms with E-state index < -0.39 is 5.91 Å². The van der Waals surface area contributed by atoms with Gasteiger partial charge in [0.2, 0.25) is 0 Å². The fourth-order valence-electron chi connectivity index (χ4n) is 1.22. The molecule has 2 rings (SSSR count). The molecule has 7 heteroatoms. The number of pyridine rings is 1. The van der Waals surface area contributed by atoms with E-state index in [9.17, 15) is 4.79 Å². The summed E-state index contributed by atoms with van der Waals surface area (Å²) >= 11 is 5.73. The normalized spacial score (nSPS) is 10.3. The third-order valence-electron chi connectivity index (χ3n) is 1.91. The monoisotopic (exact) mass is 237 g/mol. The number of halogens is 1. The number of rotatable bonds is 2. The van der Waals surface area contributed by atoms with E-state index in [4.69, 9.17) is 23.1 Å². The summed E-state index contributed by atoms with van der Waals surface area (Å²) < 4.78 is 1.35. The van der Waals surface area contributed by atoms with Crippen LogP contribution in [0.5, 0.6) is 0 Å². The summed E-state index contributed by atoms with van der Waals surface area (Å²) in [5.41, 5.74) is 10.9. The second kappa shape index (κ2) is 3.82. The van der Waals surface area contributed by atoms with Crippen molar-refractivity contribution in [2.45, 2.75) is 0 Å². The molecule has 0 radical (unpaired) electrons. The summed E-state index contributed by atoms with van der Waals surface area (Å²) in [5, 5.41) is 4.24. The second-order valence-electron chi connectivity index (χ2n) is 3.06. The van der Waals surface area contributed by atoms with Crippen molar-refractivity contribution in [2.24, 2.45) is 5.73 Å². The van der Waals surface area contributed by atoms with Crippen molar-refractivity contribution in [1.29, 1.82) is 0 Å². The minimum Gasteiger partial charge on any atom is -0.396 e. The Bertz CT molecular complexity index is 551. The molecular weight excluding hydrogens is 230 g/mol. The van der Waals surface area contributed by atoms with Gasteiger partial charge in [-0.3, -0.25) is 4.79 Å². The van der Waals surface area contributed by atoms with Gasteiger partial charge in [0, 0.05) is 0 Å². The number of nitrogens with zero attached hydrogens (tertiary/aromatic N) is 3. The molecule has 0 fully saturated rings. The van der Waals surface area contributed by atoms with Gasteiger partial charge < -0.3 is 11.5 Å². The highest BCUT2D eigenvalue weighted by Crippen LogP contribution is 2.13. The number of nitrogens with two attached hydrogens (primary N) is 2. The van der Waals surface area contributed by atoms with E-state index in [1.54, 1.807) is 18.2 Å². The van der Waals surface area contributed by atoms with E-state index in [0.717, 1.165) is 0 Å². The minimum absolute atomic E-state index is 0.0155. The lowest BCUT2D eigenvalue weighted by Crippen LogP contribution is -2.14. The van der Waals surface area contributed by atoms with Crippen LogP contribution in [0.1, 0.15) is 10.5 Å². The van der Waals surface area contributed by atoms with Gasteiger partial charge in [-0.15, -0.1) is 0 Å². The average molecular weight is 238 g/mol. The van der Waals surface area contributed by atoms with Gasteiger partial charge in [0.05, 0.1) is 11.9 Å². The SMILES string of the molecule is NC(=O)c1nn(-c2cccc(Cl)n2)cc1N. The van der Waals surface area contributed by atoms with Crippen LogP contribution in [-0.2, 0) is 0 Å². The summed E-state index contributed by atoms with van der Waals surface area (Å²) in [6, 6.07) is 5.03. The third-order valence-corrected chi connectivity index (χ3v) is 2.12. The number of hydrogen-bond acceptors (Lipinski definition) is 4. The van der Waals surface area contributed by atoms with E-state index in [-0.39, 0.29) is 11.4 Å². The fourth-order valence-corrected chi connectivity index (χ4v) is 1.38. The maximum Gasteiger partial charge on any atom is 0.271 e. The Hall–Kier alpha value is -2.08. The predicted octanol–water partition coefficient (Wildman–Crippen LogP) is 0.602. The highest BCUT2D eigenvalue weighted by molar-refractivity contribution is 6.29. The Morgan fingerprint density at radius 1 is 1.44 bits per heavy atom. The first-order valence-corrected chi connectivity index (χ1v) is 4.73. The zero-order valence-electron chi connectivity index (χ0n) is 8.09. The van der Waals surface area contributed by atoms with Crippen LogP contribution in [0.4, 0.5) is 5.69 Å². The molecule has 0 saturated heterocycles. The van der Waals surface area contributed by atoms with Crippen LogP contribution in [0.15, 0.2) is 24.4 Å². The lowest BCUT2D eigenvalue weighted by Gasteiger charge is -1.99. The van der Waals surface area contributed by atoms with E-state index in [0.29, 0.717) is 11.0 Å². The standard InChI is InChI=1S/C9H8ClN5O/c10-6-2-1-3-7(13-6)15-4-5(11)8(14-15)9(12)16/h1-4H,11H2,(H2,12,16). The maximum atomic E-state index is 11.0. The van der Waals surface area contributed by atoms with E-state index in [2.05, 4.69) is 10.1 Å². The summed E-state index contributed by atoms with van der Waals surface area (Å²) in [4.78, 5) is 15.0. The first-order chi connectivity index (χ1) is 7.58. The minimum atomic E-state index is -0.682. The molecule has 0 unspecified atom stereocenters. The summed E-state index contributed by atoms with van der Waals surface area (Å²) in [6.07, 6.45) is 1.46. The van der Waals surface area contributed by atoms with Crippen molar-refractivity contribution in [3.63, 3.8) is 0 Å². The highest BCUT2D eigenvalue weighted by atomic mass is 35.5. The van der Waals surface area contributed by atoms with E-state index in [1.807, 2.05) is 0 Å². The lowest BCUT2D eigenvalue weighted by molar-refractivity contribution is 0.0996. The van der Waals surface area contributed by atoms with Crippen LogP contribution in [0.2, 0.25) is 5.15 Å². The highest BCUT2D eigenvalue weighted by Gasteiger charge is 2.12. The molecule has 2 aromatic rings. The Labute approximate surface area is 95.8 Å². The average Bonchev–Trinajstić information content (AvgIpc) is 2.60. The van der Waals surface area contributed by atoms with Gasteiger partial charge in [-0.1, -0.05) is 17.7 Å².